The molecule has 0 spiro atoms. The van der Waals surface area contributed by atoms with Crippen LogP contribution in [-0.4, -0.2) is 34.3 Å². The third-order valence-corrected chi connectivity index (χ3v) is 4.58. The lowest BCUT2D eigenvalue weighted by molar-refractivity contribution is -0.116. The van der Waals surface area contributed by atoms with Gasteiger partial charge < -0.3 is 24.3 Å². The van der Waals surface area contributed by atoms with Crippen molar-refractivity contribution in [3.63, 3.8) is 0 Å². The molecule has 2 aromatic rings. The largest absolute Gasteiger partial charge is 0.493 e. The van der Waals surface area contributed by atoms with Gasteiger partial charge in [-0.1, -0.05) is 15.9 Å². The molecule has 0 radical (unpaired) electrons. The summed E-state index contributed by atoms with van der Waals surface area (Å²) in [5, 5.41) is 2.86. The van der Waals surface area contributed by atoms with Crippen LogP contribution in [0.1, 0.15) is 12.0 Å². The number of hydrogen-bond donors (Lipinski definition) is 1. The number of nitrogens with one attached hydrogen (secondary N) is 1. The van der Waals surface area contributed by atoms with Crippen LogP contribution < -0.4 is 24.3 Å². The molecule has 1 amide bonds. The number of rotatable bonds is 8. The first-order valence-corrected chi connectivity index (χ1v) is 8.74. The van der Waals surface area contributed by atoms with E-state index in [2.05, 4.69) is 21.2 Å². The zero-order valence-corrected chi connectivity index (χ0v) is 16.8. The van der Waals surface area contributed by atoms with E-state index in [9.17, 15) is 4.79 Å². The standard InChI is InChI=1S/C19H22BrNO5/c1-23-15-7-6-13(10-17(15)25-3)21-19(22)8-5-12-9-16(24-2)18(26-4)11-14(12)20/h6-7,9-11H,5,8H2,1-4H3,(H,21,22). The van der Waals surface area contributed by atoms with E-state index in [4.69, 9.17) is 18.9 Å². The maximum Gasteiger partial charge on any atom is 0.224 e. The topological polar surface area (TPSA) is 66.0 Å². The quantitative estimate of drug-likeness (QED) is 0.693. The molecule has 140 valence electrons. The number of ether oxygens (including phenoxy) is 4. The number of amides is 1. The monoisotopic (exact) mass is 423 g/mol. The number of methoxy groups -OCH3 is 4. The van der Waals surface area contributed by atoms with E-state index in [1.165, 1.54) is 0 Å². The van der Waals surface area contributed by atoms with E-state index in [1.54, 1.807) is 46.6 Å². The second-order valence-corrected chi connectivity index (χ2v) is 6.27. The number of aryl methyl sites for hydroxylation is 1. The highest BCUT2D eigenvalue weighted by atomic mass is 79.9. The Bertz CT molecular complexity index is 779. The lowest BCUT2D eigenvalue weighted by atomic mass is 10.1. The molecule has 0 saturated heterocycles. The molecular weight excluding hydrogens is 402 g/mol. The highest BCUT2D eigenvalue weighted by Gasteiger charge is 2.12. The van der Waals surface area contributed by atoms with Gasteiger partial charge in [-0.2, -0.15) is 0 Å². The molecule has 0 aliphatic rings. The molecule has 0 aliphatic heterocycles. The first kappa shape index (κ1) is 19.9. The Morgan fingerprint density at radius 1 is 0.885 bits per heavy atom. The van der Waals surface area contributed by atoms with Crippen molar-refractivity contribution < 1.29 is 23.7 Å². The zero-order valence-electron chi connectivity index (χ0n) is 15.2. The Balaban J connectivity index is 2.03. The molecule has 2 aromatic carbocycles. The average molecular weight is 424 g/mol. The maximum atomic E-state index is 12.3. The van der Waals surface area contributed by atoms with Gasteiger partial charge in [-0.3, -0.25) is 4.79 Å². The lowest BCUT2D eigenvalue weighted by Gasteiger charge is -2.12. The van der Waals surface area contributed by atoms with Gasteiger partial charge in [0.25, 0.3) is 0 Å². The predicted molar refractivity (Wildman–Crippen MR) is 104 cm³/mol. The van der Waals surface area contributed by atoms with Crippen molar-refractivity contribution >= 4 is 27.5 Å². The molecule has 0 bridgehead atoms. The van der Waals surface area contributed by atoms with Gasteiger partial charge in [-0.25, -0.2) is 0 Å². The van der Waals surface area contributed by atoms with Gasteiger partial charge in [0.15, 0.2) is 23.0 Å². The SMILES string of the molecule is COc1ccc(NC(=O)CCc2cc(OC)c(OC)cc2Br)cc1OC. The highest BCUT2D eigenvalue weighted by Crippen LogP contribution is 2.34. The van der Waals surface area contributed by atoms with Crippen LogP contribution in [0.15, 0.2) is 34.8 Å². The molecule has 0 heterocycles. The van der Waals surface area contributed by atoms with Gasteiger partial charge in [-0.15, -0.1) is 0 Å². The summed E-state index contributed by atoms with van der Waals surface area (Å²) in [5.74, 6) is 2.34. The molecule has 1 N–H and O–H groups in total. The Hall–Kier alpha value is -2.41. The fourth-order valence-electron chi connectivity index (χ4n) is 2.47. The molecule has 2 rings (SSSR count). The second kappa shape index (κ2) is 9.33. The first-order valence-electron chi connectivity index (χ1n) is 7.94. The number of benzene rings is 2. The average Bonchev–Trinajstić information content (AvgIpc) is 2.66. The van der Waals surface area contributed by atoms with Crippen LogP contribution in [0, 0.1) is 0 Å². The van der Waals surface area contributed by atoms with Crippen molar-refractivity contribution in [1.29, 1.82) is 0 Å². The minimum absolute atomic E-state index is 0.0982. The normalized spacial score (nSPS) is 10.2. The Kier molecular flexibility index (Phi) is 7.15. The van der Waals surface area contributed by atoms with E-state index in [0.717, 1.165) is 10.0 Å². The minimum atomic E-state index is -0.0982. The second-order valence-electron chi connectivity index (χ2n) is 5.42. The Morgan fingerprint density at radius 3 is 2.08 bits per heavy atom. The highest BCUT2D eigenvalue weighted by molar-refractivity contribution is 9.10. The molecule has 0 fully saturated rings. The first-order chi connectivity index (χ1) is 12.5. The van der Waals surface area contributed by atoms with E-state index in [1.807, 2.05) is 12.1 Å². The van der Waals surface area contributed by atoms with Gasteiger partial charge in [0.05, 0.1) is 28.4 Å². The number of carbonyl (C=O) groups is 1. The third-order valence-electron chi connectivity index (χ3n) is 3.84. The van der Waals surface area contributed by atoms with Crippen LogP contribution in [0.4, 0.5) is 5.69 Å². The predicted octanol–water partition coefficient (Wildman–Crippen LogP) is 4.05. The van der Waals surface area contributed by atoms with E-state index in [-0.39, 0.29) is 5.91 Å². The van der Waals surface area contributed by atoms with E-state index < -0.39 is 0 Å². The van der Waals surface area contributed by atoms with Crippen molar-refractivity contribution in [2.45, 2.75) is 12.8 Å². The number of anilines is 1. The zero-order chi connectivity index (χ0) is 19.1. The maximum absolute atomic E-state index is 12.3. The van der Waals surface area contributed by atoms with Gasteiger partial charge in [0.1, 0.15) is 0 Å². The van der Waals surface area contributed by atoms with Gasteiger partial charge >= 0.3 is 0 Å². The van der Waals surface area contributed by atoms with Crippen molar-refractivity contribution in [2.24, 2.45) is 0 Å². The van der Waals surface area contributed by atoms with Crippen molar-refractivity contribution in [3.05, 3.63) is 40.4 Å². The lowest BCUT2D eigenvalue weighted by Crippen LogP contribution is -2.12. The summed E-state index contributed by atoms with van der Waals surface area (Å²) in [4.78, 5) is 12.3. The summed E-state index contributed by atoms with van der Waals surface area (Å²) in [7, 11) is 6.29. The molecule has 26 heavy (non-hydrogen) atoms. The third kappa shape index (κ3) is 4.82. The summed E-state index contributed by atoms with van der Waals surface area (Å²) in [6.07, 6.45) is 0.877. The number of hydrogen-bond acceptors (Lipinski definition) is 5. The van der Waals surface area contributed by atoms with Crippen LogP contribution >= 0.6 is 15.9 Å². The van der Waals surface area contributed by atoms with Gasteiger partial charge in [-0.05, 0) is 36.2 Å². The molecule has 6 nitrogen and oxygen atoms in total. The number of halogens is 1. The fourth-order valence-corrected chi connectivity index (χ4v) is 2.99. The summed E-state index contributed by atoms with van der Waals surface area (Å²) in [6, 6.07) is 8.95. The van der Waals surface area contributed by atoms with Gasteiger partial charge in [0.2, 0.25) is 5.91 Å². The van der Waals surface area contributed by atoms with Crippen LogP contribution in [0.3, 0.4) is 0 Å². The van der Waals surface area contributed by atoms with Crippen molar-refractivity contribution in [1.82, 2.24) is 0 Å². The molecule has 0 saturated carbocycles. The summed E-state index contributed by atoms with van der Waals surface area (Å²) in [5.41, 5.74) is 1.61. The fraction of sp³-hybridized carbons (Fsp3) is 0.316. The van der Waals surface area contributed by atoms with Crippen LogP contribution in [0.5, 0.6) is 23.0 Å². The molecule has 0 aromatic heterocycles. The van der Waals surface area contributed by atoms with Crippen molar-refractivity contribution in [3.8, 4) is 23.0 Å². The van der Waals surface area contributed by atoms with E-state index in [0.29, 0.717) is 41.5 Å². The van der Waals surface area contributed by atoms with Gasteiger partial charge in [0, 0.05) is 22.6 Å². The van der Waals surface area contributed by atoms with Crippen molar-refractivity contribution in [2.75, 3.05) is 33.8 Å². The van der Waals surface area contributed by atoms with E-state index >= 15 is 0 Å². The smallest absolute Gasteiger partial charge is 0.224 e. The minimum Gasteiger partial charge on any atom is -0.493 e. The Labute approximate surface area is 161 Å². The van der Waals surface area contributed by atoms with Crippen LogP contribution in [0.2, 0.25) is 0 Å². The molecular formula is C19H22BrNO5. The molecule has 0 unspecified atom stereocenters. The summed E-state index contributed by atoms with van der Waals surface area (Å²) >= 11 is 3.51. The molecule has 0 aliphatic carbocycles. The molecule has 7 heteroatoms. The Morgan fingerprint density at radius 2 is 1.46 bits per heavy atom. The number of carbonyl (C=O) groups excluding carboxylic acids is 1. The van der Waals surface area contributed by atoms with Crippen LogP contribution in [-0.2, 0) is 11.2 Å². The van der Waals surface area contributed by atoms with Crippen LogP contribution in [0.25, 0.3) is 0 Å². The summed E-state index contributed by atoms with van der Waals surface area (Å²) < 4.78 is 21.9. The molecule has 0 atom stereocenters. The summed E-state index contributed by atoms with van der Waals surface area (Å²) in [6.45, 7) is 0.